The predicted molar refractivity (Wildman–Crippen MR) is 119 cm³/mol. The molecule has 0 aliphatic carbocycles. The highest BCUT2D eigenvalue weighted by atomic mass is 16.5. The van der Waals surface area contributed by atoms with E-state index in [1.165, 1.54) is 22.7 Å². The summed E-state index contributed by atoms with van der Waals surface area (Å²) in [6.07, 6.45) is 4.09. The highest BCUT2D eigenvalue weighted by Crippen LogP contribution is 2.38. The molecular weight excluding hydrogens is 380 g/mol. The van der Waals surface area contributed by atoms with Gasteiger partial charge in [-0.25, -0.2) is 0 Å². The number of carbonyl (C=O) groups is 1. The van der Waals surface area contributed by atoms with Crippen LogP contribution in [0.5, 0.6) is 17.2 Å². The first kappa shape index (κ1) is 21.3. The number of hydrogen-bond acceptors (Lipinski definition) is 4. The summed E-state index contributed by atoms with van der Waals surface area (Å²) >= 11 is 0. The fourth-order valence-corrected chi connectivity index (χ4v) is 3.52. The van der Waals surface area contributed by atoms with E-state index in [-0.39, 0.29) is 5.91 Å². The number of para-hydroxylation sites is 1. The molecule has 0 atom stereocenters. The number of aromatic nitrogens is 1. The fraction of sp³-hybridized carbons (Fsp3) is 0.292. The summed E-state index contributed by atoms with van der Waals surface area (Å²) in [5, 5.41) is 4.18. The molecule has 0 spiro atoms. The van der Waals surface area contributed by atoms with E-state index >= 15 is 0 Å². The lowest BCUT2D eigenvalue weighted by Crippen LogP contribution is -2.23. The zero-order valence-electron chi connectivity index (χ0n) is 17.9. The second kappa shape index (κ2) is 9.87. The Kier molecular flexibility index (Phi) is 7.01. The molecule has 0 aliphatic rings. The molecule has 0 radical (unpaired) electrons. The number of aryl methyl sites for hydroxylation is 2. The number of benzene rings is 2. The van der Waals surface area contributed by atoms with Crippen molar-refractivity contribution in [3.8, 4) is 17.2 Å². The molecule has 1 heterocycles. The van der Waals surface area contributed by atoms with E-state index in [1.54, 1.807) is 39.5 Å². The van der Waals surface area contributed by atoms with Crippen LogP contribution >= 0.6 is 0 Å². The van der Waals surface area contributed by atoms with Gasteiger partial charge in [-0.15, -0.1) is 0 Å². The van der Waals surface area contributed by atoms with Crippen LogP contribution in [0.15, 0.2) is 48.5 Å². The van der Waals surface area contributed by atoms with Gasteiger partial charge in [0.05, 0.1) is 21.3 Å². The molecule has 0 saturated carbocycles. The van der Waals surface area contributed by atoms with Crippen molar-refractivity contribution in [1.29, 1.82) is 0 Å². The minimum Gasteiger partial charge on any atom is -0.493 e. The van der Waals surface area contributed by atoms with Crippen molar-refractivity contribution >= 4 is 22.9 Å². The Morgan fingerprint density at radius 1 is 1.03 bits per heavy atom. The number of nitrogens with one attached hydrogen (secondary N) is 1. The number of fused-ring (bicyclic) bond motifs is 1. The Labute approximate surface area is 177 Å². The Morgan fingerprint density at radius 2 is 1.73 bits per heavy atom. The average molecular weight is 408 g/mol. The minimum atomic E-state index is -0.141. The van der Waals surface area contributed by atoms with Gasteiger partial charge in [0.2, 0.25) is 11.7 Å². The minimum absolute atomic E-state index is 0.141. The number of methoxy groups -OCH3 is 3. The lowest BCUT2D eigenvalue weighted by molar-refractivity contribution is -0.116. The van der Waals surface area contributed by atoms with Gasteiger partial charge in [-0.2, -0.15) is 0 Å². The van der Waals surface area contributed by atoms with E-state index in [0.717, 1.165) is 18.5 Å². The number of hydrogen-bond donors (Lipinski definition) is 1. The Balaban J connectivity index is 1.56. The van der Waals surface area contributed by atoms with Gasteiger partial charge >= 0.3 is 0 Å². The van der Waals surface area contributed by atoms with Crippen molar-refractivity contribution < 1.29 is 19.0 Å². The lowest BCUT2D eigenvalue weighted by atomic mass is 10.1. The first-order valence-electron chi connectivity index (χ1n) is 9.88. The molecule has 3 aromatic rings. The first-order valence-corrected chi connectivity index (χ1v) is 9.88. The molecular formula is C24H28N2O4. The van der Waals surface area contributed by atoms with E-state index in [1.807, 2.05) is 12.1 Å². The van der Waals surface area contributed by atoms with Crippen LogP contribution in [0.1, 0.15) is 17.7 Å². The predicted octanol–water partition coefficient (Wildman–Crippen LogP) is 4.20. The maximum atomic E-state index is 12.2. The highest BCUT2D eigenvalue weighted by molar-refractivity contribution is 5.91. The zero-order valence-corrected chi connectivity index (χ0v) is 17.9. The van der Waals surface area contributed by atoms with E-state index in [2.05, 4.69) is 35.0 Å². The number of nitrogens with zero attached hydrogens (tertiary/aromatic N) is 1. The largest absolute Gasteiger partial charge is 0.493 e. The molecule has 1 N–H and O–H groups in total. The summed E-state index contributed by atoms with van der Waals surface area (Å²) in [4.78, 5) is 12.2. The van der Waals surface area contributed by atoms with E-state index < -0.39 is 0 Å². The van der Waals surface area contributed by atoms with Gasteiger partial charge in [-0.1, -0.05) is 18.2 Å². The molecule has 1 amide bonds. The number of ether oxygens (including phenoxy) is 3. The molecule has 0 saturated heterocycles. The maximum Gasteiger partial charge on any atom is 0.244 e. The maximum absolute atomic E-state index is 12.2. The van der Waals surface area contributed by atoms with Gasteiger partial charge < -0.3 is 24.1 Å². The van der Waals surface area contributed by atoms with Crippen molar-refractivity contribution in [3.63, 3.8) is 0 Å². The Hall–Kier alpha value is -3.41. The monoisotopic (exact) mass is 408 g/mol. The van der Waals surface area contributed by atoms with Crippen LogP contribution < -0.4 is 19.5 Å². The molecule has 6 heteroatoms. The molecule has 0 aliphatic heterocycles. The van der Waals surface area contributed by atoms with Crippen molar-refractivity contribution in [2.24, 2.45) is 0 Å². The third-order valence-electron chi connectivity index (χ3n) is 4.99. The third kappa shape index (κ3) is 4.76. The van der Waals surface area contributed by atoms with E-state index in [0.29, 0.717) is 23.8 Å². The number of amides is 1. The summed E-state index contributed by atoms with van der Waals surface area (Å²) in [5.41, 5.74) is 3.24. The van der Waals surface area contributed by atoms with Crippen LogP contribution in [0.4, 0.5) is 0 Å². The van der Waals surface area contributed by atoms with Gasteiger partial charge in [0, 0.05) is 30.4 Å². The van der Waals surface area contributed by atoms with Crippen LogP contribution in [0, 0.1) is 6.92 Å². The number of rotatable bonds is 9. The van der Waals surface area contributed by atoms with Crippen LogP contribution in [-0.4, -0.2) is 38.3 Å². The molecule has 0 unspecified atom stereocenters. The second-order valence-electron chi connectivity index (χ2n) is 6.93. The van der Waals surface area contributed by atoms with Gasteiger partial charge in [-0.05, 0) is 54.6 Å². The molecule has 2 aromatic carbocycles. The van der Waals surface area contributed by atoms with Crippen LogP contribution in [0.2, 0.25) is 0 Å². The molecule has 6 nitrogen and oxygen atoms in total. The molecule has 0 bridgehead atoms. The Morgan fingerprint density at radius 3 is 2.40 bits per heavy atom. The van der Waals surface area contributed by atoms with Gasteiger partial charge in [0.1, 0.15) is 0 Å². The molecule has 3 rings (SSSR count). The molecule has 0 fully saturated rings. The normalized spacial score (nSPS) is 11.1. The average Bonchev–Trinajstić information content (AvgIpc) is 3.09. The van der Waals surface area contributed by atoms with Crippen molar-refractivity contribution in [3.05, 3.63) is 59.8 Å². The summed E-state index contributed by atoms with van der Waals surface area (Å²) in [6.45, 7) is 3.57. The van der Waals surface area contributed by atoms with Gasteiger partial charge in [0.25, 0.3) is 0 Å². The highest BCUT2D eigenvalue weighted by Gasteiger charge is 2.12. The van der Waals surface area contributed by atoms with Crippen molar-refractivity contribution in [1.82, 2.24) is 9.88 Å². The van der Waals surface area contributed by atoms with Crippen LogP contribution in [0.3, 0.4) is 0 Å². The first-order chi connectivity index (χ1) is 14.6. The third-order valence-corrected chi connectivity index (χ3v) is 4.99. The van der Waals surface area contributed by atoms with Crippen molar-refractivity contribution in [2.75, 3.05) is 27.9 Å². The fourth-order valence-electron chi connectivity index (χ4n) is 3.52. The van der Waals surface area contributed by atoms with Crippen LogP contribution in [0.25, 0.3) is 17.0 Å². The SMILES string of the molecule is COc1cc(C=CC(=O)NCCCn2c(C)cc3ccccc32)cc(OC)c1OC. The molecule has 30 heavy (non-hydrogen) atoms. The van der Waals surface area contributed by atoms with Crippen molar-refractivity contribution in [2.45, 2.75) is 19.9 Å². The standard InChI is InChI=1S/C24H28N2O4/c1-17-14-19-8-5-6-9-20(19)26(17)13-7-12-25-23(27)11-10-18-15-21(28-2)24(30-4)22(16-18)29-3/h5-6,8-11,14-16H,7,12-13H2,1-4H3,(H,25,27). The smallest absolute Gasteiger partial charge is 0.244 e. The van der Waals surface area contributed by atoms with Crippen LogP contribution in [-0.2, 0) is 11.3 Å². The molecule has 158 valence electrons. The van der Waals surface area contributed by atoms with Gasteiger partial charge in [0.15, 0.2) is 11.5 Å². The topological polar surface area (TPSA) is 61.7 Å². The van der Waals surface area contributed by atoms with E-state index in [9.17, 15) is 4.79 Å². The molecule has 1 aromatic heterocycles. The summed E-state index contributed by atoms with van der Waals surface area (Å²) in [7, 11) is 4.68. The number of carbonyl (C=O) groups excluding carboxylic acids is 1. The lowest BCUT2D eigenvalue weighted by Gasteiger charge is -2.12. The van der Waals surface area contributed by atoms with Gasteiger partial charge in [-0.3, -0.25) is 4.79 Å². The second-order valence-corrected chi connectivity index (χ2v) is 6.93. The quantitative estimate of drug-likeness (QED) is 0.426. The van der Waals surface area contributed by atoms with E-state index in [4.69, 9.17) is 14.2 Å². The summed E-state index contributed by atoms with van der Waals surface area (Å²) < 4.78 is 18.3. The Bertz CT molecular complexity index is 1030. The zero-order chi connectivity index (χ0) is 21.5. The summed E-state index contributed by atoms with van der Waals surface area (Å²) in [5.74, 6) is 1.48. The summed E-state index contributed by atoms with van der Waals surface area (Å²) in [6, 6.07) is 14.1.